The number of benzene rings is 1. The molecule has 0 saturated heterocycles. The van der Waals surface area contributed by atoms with Gasteiger partial charge in [-0.1, -0.05) is 12.1 Å². The molecule has 0 heterocycles. The van der Waals surface area contributed by atoms with Crippen LogP contribution < -0.4 is 5.73 Å². The second kappa shape index (κ2) is 5.14. The molecule has 0 bridgehead atoms. The monoisotopic (exact) mass is 209 g/mol. The molecule has 0 aromatic heterocycles. The zero-order valence-corrected chi connectivity index (χ0v) is 8.37. The zero-order chi connectivity index (χ0) is 11.3. The standard InChI is InChI=1S/C11H12FNO2/c1-2-15-11(14)7-10(13)8-3-5-9(12)6-4-8/h3-7H,2,13H2,1H3/b10-7+. The van der Waals surface area contributed by atoms with E-state index in [0.29, 0.717) is 12.2 Å². The molecule has 2 N–H and O–H groups in total. The van der Waals surface area contributed by atoms with E-state index in [9.17, 15) is 9.18 Å². The van der Waals surface area contributed by atoms with E-state index in [2.05, 4.69) is 4.74 Å². The third kappa shape index (κ3) is 3.42. The molecule has 0 saturated carbocycles. The van der Waals surface area contributed by atoms with E-state index in [1.165, 1.54) is 30.3 Å². The topological polar surface area (TPSA) is 52.3 Å². The van der Waals surface area contributed by atoms with Crippen molar-refractivity contribution in [2.45, 2.75) is 6.92 Å². The molecule has 0 unspecified atom stereocenters. The van der Waals surface area contributed by atoms with Crippen molar-refractivity contribution in [1.29, 1.82) is 0 Å². The van der Waals surface area contributed by atoms with Gasteiger partial charge in [-0.15, -0.1) is 0 Å². The SMILES string of the molecule is CCOC(=O)/C=C(/N)c1ccc(F)cc1. The maximum atomic E-state index is 12.6. The van der Waals surface area contributed by atoms with Crippen LogP contribution in [0.3, 0.4) is 0 Å². The minimum absolute atomic E-state index is 0.258. The van der Waals surface area contributed by atoms with Crippen LogP contribution in [-0.2, 0) is 9.53 Å². The van der Waals surface area contributed by atoms with Gasteiger partial charge in [0.25, 0.3) is 0 Å². The summed E-state index contributed by atoms with van der Waals surface area (Å²) in [6, 6.07) is 5.56. The highest BCUT2D eigenvalue weighted by molar-refractivity contribution is 5.90. The summed E-state index contributed by atoms with van der Waals surface area (Å²) in [5, 5.41) is 0. The molecule has 0 radical (unpaired) electrons. The number of hydrogen-bond donors (Lipinski definition) is 1. The molecule has 1 aromatic carbocycles. The van der Waals surface area contributed by atoms with Crippen LogP contribution in [0.4, 0.5) is 4.39 Å². The van der Waals surface area contributed by atoms with Crippen LogP contribution in [0.25, 0.3) is 5.70 Å². The number of esters is 1. The Hall–Kier alpha value is -1.84. The average Bonchev–Trinajstić information content (AvgIpc) is 2.18. The number of nitrogens with two attached hydrogens (primary N) is 1. The van der Waals surface area contributed by atoms with Gasteiger partial charge in [-0.25, -0.2) is 9.18 Å². The van der Waals surface area contributed by atoms with Gasteiger partial charge in [0.05, 0.1) is 6.61 Å². The lowest BCUT2D eigenvalue weighted by atomic mass is 10.1. The fraction of sp³-hybridized carbons (Fsp3) is 0.182. The van der Waals surface area contributed by atoms with Crippen molar-refractivity contribution in [3.63, 3.8) is 0 Å². The molecule has 4 heteroatoms. The lowest BCUT2D eigenvalue weighted by molar-refractivity contribution is -0.137. The Labute approximate surface area is 87.3 Å². The Morgan fingerprint density at radius 1 is 1.47 bits per heavy atom. The molecule has 0 fully saturated rings. The van der Waals surface area contributed by atoms with Gasteiger partial charge in [-0.05, 0) is 24.6 Å². The van der Waals surface area contributed by atoms with Crippen molar-refractivity contribution >= 4 is 11.7 Å². The van der Waals surface area contributed by atoms with Gasteiger partial charge in [0.15, 0.2) is 0 Å². The molecule has 0 atom stereocenters. The highest BCUT2D eigenvalue weighted by Gasteiger charge is 2.01. The Kier molecular flexibility index (Phi) is 3.85. The van der Waals surface area contributed by atoms with Crippen molar-refractivity contribution in [1.82, 2.24) is 0 Å². The Morgan fingerprint density at radius 2 is 2.07 bits per heavy atom. The van der Waals surface area contributed by atoms with E-state index < -0.39 is 5.97 Å². The van der Waals surface area contributed by atoms with E-state index in [-0.39, 0.29) is 11.5 Å². The minimum atomic E-state index is -0.501. The third-order valence-electron chi connectivity index (χ3n) is 1.74. The number of hydrogen-bond acceptors (Lipinski definition) is 3. The van der Waals surface area contributed by atoms with Crippen LogP contribution in [0, 0.1) is 5.82 Å². The Morgan fingerprint density at radius 3 is 2.60 bits per heavy atom. The summed E-state index contributed by atoms with van der Waals surface area (Å²) >= 11 is 0. The van der Waals surface area contributed by atoms with Gasteiger partial charge in [0.2, 0.25) is 0 Å². The predicted molar refractivity (Wildman–Crippen MR) is 55.2 cm³/mol. The molecule has 0 spiro atoms. The zero-order valence-electron chi connectivity index (χ0n) is 8.37. The first-order chi connectivity index (χ1) is 7.13. The van der Waals surface area contributed by atoms with Crippen molar-refractivity contribution in [2.75, 3.05) is 6.61 Å². The van der Waals surface area contributed by atoms with Gasteiger partial charge < -0.3 is 10.5 Å². The van der Waals surface area contributed by atoms with E-state index in [0.717, 1.165) is 0 Å². The maximum Gasteiger partial charge on any atom is 0.332 e. The molecule has 0 amide bonds. The molecule has 1 aromatic rings. The van der Waals surface area contributed by atoms with Crippen LogP contribution in [-0.4, -0.2) is 12.6 Å². The second-order valence-corrected chi connectivity index (χ2v) is 2.86. The van der Waals surface area contributed by atoms with Gasteiger partial charge in [0, 0.05) is 11.8 Å². The third-order valence-corrected chi connectivity index (χ3v) is 1.74. The van der Waals surface area contributed by atoms with Crippen LogP contribution in [0.1, 0.15) is 12.5 Å². The number of rotatable bonds is 3. The van der Waals surface area contributed by atoms with Gasteiger partial charge in [-0.3, -0.25) is 0 Å². The molecular formula is C11H12FNO2. The van der Waals surface area contributed by atoms with Gasteiger partial charge in [-0.2, -0.15) is 0 Å². The van der Waals surface area contributed by atoms with Crippen molar-refractivity contribution in [3.05, 3.63) is 41.7 Å². The molecule has 0 aliphatic rings. The molecule has 0 aliphatic heterocycles. The number of halogens is 1. The largest absolute Gasteiger partial charge is 0.463 e. The summed E-state index contributed by atoms with van der Waals surface area (Å²) in [6.07, 6.45) is 1.18. The van der Waals surface area contributed by atoms with Gasteiger partial charge >= 0.3 is 5.97 Å². The van der Waals surface area contributed by atoms with E-state index in [4.69, 9.17) is 5.73 Å². The lowest BCUT2D eigenvalue weighted by Gasteiger charge is -2.01. The number of carbonyl (C=O) groups is 1. The minimum Gasteiger partial charge on any atom is -0.463 e. The Bertz CT molecular complexity index is 371. The lowest BCUT2D eigenvalue weighted by Crippen LogP contribution is -2.05. The van der Waals surface area contributed by atoms with Crippen LogP contribution in [0.15, 0.2) is 30.3 Å². The number of carbonyl (C=O) groups excluding carboxylic acids is 1. The average molecular weight is 209 g/mol. The van der Waals surface area contributed by atoms with Crippen molar-refractivity contribution < 1.29 is 13.9 Å². The number of ether oxygens (including phenoxy) is 1. The first-order valence-electron chi connectivity index (χ1n) is 4.53. The quantitative estimate of drug-likeness (QED) is 0.608. The molecule has 0 aliphatic carbocycles. The normalized spacial score (nSPS) is 11.2. The first-order valence-corrected chi connectivity index (χ1v) is 4.53. The summed E-state index contributed by atoms with van der Waals surface area (Å²) in [5.41, 5.74) is 6.46. The van der Waals surface area contributed by atoms with Crippen molar-refractivity contribution in [3.8, 4) is 0 Å². The summed E-state index contributed by atoms with van der Waals surface area (Å²) in [6.45, 7) is 2.01. The predicted octanol–water partition coefficient (Wildman–Crippen LogP) is 1.69. The summed E-state index contributed by atoms with van der Waals surface area (Å²) in [5.74, 6) is -0.845. The molecule has 1 rings (SSSR count). The van der Waals surface area contributed by atoms with Crippen LogP contribution in [0.5, 0.6) is 0 Å². The van der Waals surface area contributed by atoms with E-state index in [1.54, 1.807) is 6.92 Å². The highest BCUT2D eigenvalue weighted by atomic mass is 19.1. The molecule has 15 heavy (non-hydrogen) atoms. The van der Waals surface area contributed by atoms with Gasteiger partial charge in [0.1, 0.15) is 5.82 Å². The fourth-order valence-corrected chi connectivity index (χ4v) is 1.04. The van der Waals surface area contributed by atoms with E-state index >= 15 is 0 Å². The smallest absolute Gasteiger partial charge is 0.332 e. The summed E-state index contributed by atoms with van der Waals surface area (Å²) in [7, 11) is 0. The molecular weight excluding hydrogens is 197 g/mol. The Balaban J connectivity index is 2.79. The maximum absolute atomic E-state index is 12.6. The summed E-state index contributed by atoms with van der Waals surface area (Å²) in [4.78, 5) is 11.0. The molecule has 3 nitrogen and oxygen atoms in total. The summed E-state index contributed by atoms with van der Waals surface area (Å²) < 4.78 is 17.3. The van der Waals surface area contributed by atoms with Crippen LogP contribution >= 0.6 is 0 Å². The fourth-order valence-electron chi connectivity index (χ4n) is 1.04. The highest BCUT2D eigenvalue weighted by Crippen LogP contribution is 2.09. The first kappa shape index (κ1) is 11.2. The molecule has 80 valence electrons. The second-order valence-electron chi connectivity index (χ2n) is 2.86. The van der Waals surface area contributed by atoms with Crippen molar-refractivity contribution in [2.24, 2.45) is 5.73 Å². The van der Waals surface area contributed by atoms with Crippen LogP contribution in [0.2, 0.25) is 0 Å². The van der Waals surface area contributed by atoms with E-state index in [1.807, 2.05) is 0 Å².